The van der Waals surface area contributed by atoms with Crippen molar-refractivity contribution in [1.82, 2.24) is 30.4 Å². The fourth-order valence-corrected chi connectivity index (χ4v) is 2.28. The maximum Gasteiger partial charge on any atom is 0.280 e. The molecule has 0 unspecified atom stereocenters. The van der Waals surface area contributed by atoms with Crippen LogP contribution in [0.2, 0.25) is 0 Å². The third kappa shape index (κ3) is 1.84. The Morgan fingerprint density at radius 3 is 1.50 bits per heavy atom. The van der Waals surface area contributed by atoms with Crippen molar-refractivity contribution in [2.75, 3.05) is 26.2 Å². The first kappa shape index (κ1) is 12.6. The highest BCUT2D eigenvalue weighted by Gasteiger charge is 2.32. The van der Waals surface area contributed by atoms with Crippen LogP contribution in [0.15, 0.2) is 19.5 Å². The topological polar surface area (TPSA) is 143 Å². The molecule has 3 aliphatic rings. The van der Waals surface area contributed by atoms with E-state index in [1.807, 2.05) is 0 Å². The Labute approximate surface area is 121 Å². The predicted octanol–water partition coefficient (Wildman–Crippen LogP) is -0.220. The summed E-state index contributed by atoms with van der Waals surface area (Å²) in [7, 11) is 0. The highest BCUT2D eigenvalue weighted by atomic mass is 16.6. The highest BCUT2D eigenvalue weighted by Crippen LogP contribution is 2.24. The number of amides is 2. The fourth-order valence-electron chi connectivity index (χ4n) is 2.28. The maximum atomic E-state index is 12.4. The predicted molar refractivity (Wildman–Crippen MR) is 64.6 cm³/mol. The molecule has 2 aromatic heterocycles. The van der Waals surface area contributed by atoms with Gasteiger partial charge in [-0.05, 0) is 20.6 Å². The van der Waals surface area contributed by atoms with Gasteiger partial charge in [-0.25, -0.2) is 9.26 Å². The second-order valence-electron chi connectivity index (χ2n) is 4.66. The molecule has 5 rings (SSSR count). The monoisotopic (exact) mass is 304 g/mol. The van der Waals surface area contributed by atoms with Crippen LogP contribution in [-0.4, -0.2) is 68.4 Å². The fraction of sp³-hybridized carbons (Fsp3) is 0.400. The summed E-state index contributed by atoms with van der Waals surface area (Å²) in [5.41, 5.74) is -0.0794. The van der Waals surface area contributed by atoms with Crippen LogP contribution >= 0.6 is 0 Å². The molecule has 0 aliphatic carbocycles. The van der Waals surface area contributed by atoms with E-state index in [2.05, 4.69) is 40.1 Å². The van der Waals surface area contributed by atoms with Crippen LogP contribution < -0.4 is 0 Å². The molecule has 2 amide bonds. The van der Waals surface area contributed by atoms with Gasteiger partial charge in [-0.15, -0.1) is 10.2 Å². The molecule has 0 aromatic carbocycles. The summed E-state index contributed by atoms with van der Waals surface area (Å²) in [5.74, 6) is -0.924. The Hall–Kier alpha value is -3.18. The van der Waals surface area contributed by atoms with Gasteiger partial charge >= 0.3 is 0 Å². The zero-order valence-corrected chi connectivity index (χ0v) is 11.0. The van der Waals surface area contributed by atoms with Gasteiger partial charge in [0.1, 0.15) is 0 Å². The van der Waals surface area contributed by atoms with Gasteiger partial charge in [0.25, 0.3) is 23.5 Å². The summed E-state index contributed by atoms with van der Waals surface area (Å²) in [6, 6.07) is 0. The summed E-state index contributed by atoms with van der Waals surface area (Å²) in [4.78, 5) is 27.8. The van der Waals surface area contributed by atoms with Gasteiger partial charge < -0.3 is 9.80 Å². The van der Waals surface area contributed by atoms with Crippen LogP contribution in [0.25, 0.3) is 0 Å². The molecule has 0 atom stereocenters. The van der Waals surface area contributed by atoms with Crippen LogP contribution in [0.1, 0.15) is 21.0 Å². The minimum absolute atomic E-state index is 0.0397. The number of rotatable bonds is 0. The van der Waals surface area contributed by atoms with E-state index in [4.69, 9.17) is 0 Å². The van der Waals surface area contributed by atoms with E-state index in [0.29, 0.717) is 26.2 Å². The number of nitrogens with zero attached hydrogens (tertiary/aromatic N) is 8. The quantitative estimate of drug-likeness (QED) is 0.649. The number of carbonyl (C=O) groups excluding carboxylic acids is 2. The minimum Gasteiger partial charge on any atom is -0.334 e. The van der Waals surface area contributed by atoms with Crippen LogP contribution in [0.3, 0.4) is 0 Å². The van der Waals surface area contributed by atoms with Crippen LogP contribution in [-0.2, 0) is 0 Å². The van der Waals surface area contributed by atoms with E-state index in [0.717, 1.165) is 0 Å². The van der Waals surface area contributed by atoms with Crippen molar-refractivity contribution in [2.45, 2.75) is 0 Å². The number of piperazine rings is 1. The first-order chi connectivity index (χ1) is 10.7. The molecule has 0 radical (unpaired) electrons. The molecule has 0 saturated carbocycles. The van der Waals surface area contributed by atoms with E-state index in [1.165, 1.54) is 0 Å². The Morgan fingerprint density at radius 1 is 0.682 bits per heavy atom. The number of azo groups is 1. The Morgan fingerprint density at radius 2 is 1.09 bits per heavy atom. The second kappa shape index (κ2) is 4.68. The zero-order chi connectivity index (χ0) is 15.1. The average molecular weight is 304 g/mol. The molecule has 0 spiro atoms. The molecule has 1 fully saturated rings. The lowest BCUT2D eigenvalue weighted by Crippen LogP contribution is -2.50. The van der Waals surface area contributed by atoms with E-state index in [9.17, 15) is 9.59 Å². The highest BCUT2D eigenvalue weighted by molar-refractivity contribution is 5.98. The molecule has 112 valence electrons. The van der Waals surface area contributed by atoms with E-state index in [-0.39, 0.29) is 34.8 Å². The van der Waals surface area contributed by atoms with Crippen LogP contribution in [0.5, 0.6) is 0 Å². The lowest BCUT2D eigenvalue weighted by molar-refractivity contribution is 0.0524. The first-order valence-electron chi connectivity index (χ1n) is 6.39. The van der Waals surface area contributed by atoms with Crippen molar-refractivity contribution >= 4 is 23.5 Å². The smallest absolute Gasteiger partial charge is 0.280 e. The Bertz CT molecular complexity index is 707. The van der Waals surface area contributed by atoms with Gasteiger partial charge in [-0.3, -0.25) is 9.59 Å². The molecule has 2 bridgehead atoms. The standard InChI is InChI=1S/C10H8N8O4/c19-9-5-7(15-21-13-5)11-12-8-6(14-22-16-8)10(20)18-2-1-17(9)3-4-18/h1-4H2. The molecule has 0 N–H and O–H groups in total. The summed E-state index contributed by atoms with van der Waals surface area (Å²) < 4.78 is 9.10. The van der Waals surface area contributed by atoms with Crippen molar-refractivity contribution in [3.63, 3.8) is 0 Å². The van der Waals surface area contributed by atoms with Crippen LogP contribution in [0, 0.1) is 0 Å². The number of hydrogen-bond acceptors (Lipinski definition) is 10. The lowest BCUT2D eigenvalue weighted by Gasteiger charge is -2.33. The summed E-state index contributed by atoms with van der Waals surface area (Å²) in [6.07, 6.45) is 0. The third-order valence-corrected chi connectivity index (χ3v) is 3.44. The van der Waals surface area contributed by atoms with Crippen LogP contribution in [0.4, 0.5) is 11.6 Å². The van der Waals surface area contributed by atoms with Crippen molar-refractivity contribution in [1.29, 1.82) is 0 Å². The SMILES string of the molecule is O=C1c2nonc2N=Nc2nonc2C(=O)N2CCN1CC2. The number of fused-ring (bicyclic) bond motifs is 2. The van der Waals surface area contributed by atoms with Gasteiger partial charge in [0, 0.05) is 26.2 Å². The average Bonchev–Trinajstić information content (AvgIpc) is 3.19. The normalized spacial score (nSPS) is 18.0. The van der Waals surface area contributed by atoms with Crippen molar-refractivity contribution in [3.05, 3.63) is 11.4 Å². The molecular formula is C10H8N8O4. The largest absolute Gasteiger partial charge is 0.334 e. The first-order valence-corrected chi connectivity index (χ1v) is 6.39. The van der Waals surface area contributed by atoms with E-state index >= 15 is 0 Å². The van der Waals surface area contributed by atoms with Gasteiger partial charge in [0.15, 0.2) is 0 Å². The van der Waals surface area contributed by atoms with Crippen molar-refractivity contribution in [2.24, 2.45) is 10.2 Å². The molecule has 12 heteroatoms. The van der Waals surface area contributed by atoms with Crippen molar-refractivity contribution in [3.8, 4) is 0 Å². The Balaban J connectivity index is 1.85. The van der Waals surface area contributed by atoms with Gasteiger partial charge in [-0.2, -0.15) is 0 Å². The lowest BCUT2D eigenvalue weighted by atomic mass is 10.2. The Kier molecular flexibility index (Phi) is 2.67. The maximum absolute atomic E-state index is 12.4. The van der Waals surface area contributed by atoms with Gasteiger partial charge in [0.05, 0.1) is 0 Å². The summed E-state index contributed by atoms with van der Waals surface area (Å²) in [5, 5.41) is 21.7. The molecule has 3 aliphatic heterocycles. The van der Waals surface area contributed by atoms with Crippen molar-refractivity contribution < 1.29 is 18.8 Å². The number of hydrogen-bond donors (Lipinski definition) is 0. The molecule has 2 aromatic rings. The van der Waals surface area contributed by atoms with E-state index < -0.39 is 0 Å². The third-order valence-electron chi connectivity index (χ3n) is 3.44. The molecule has 1 saturated heterocycles. The minimum atomic E-state index is -0.374. The number of aromatic nitrogens is 4. The number of carbonyl (C=O) groups is 2. The van der Waals surface area contributed by atoms with Gasteiger partial charge in [-0.1, -0.05) is 0 Å². The van der Waals surface area contributed by atoms with E-state index in [1.54, 1.807) is 9.80 Å². The zero-order valence-electron chi connectivity index (χ0n) is 11.0. The molecule has 5 heterocycles. The van der Waals surface area contributed by atoms with Gasteiger partial charge in [0.2, 0.25) is 11.4 Å². The summed E-state index contributed by atoms with van der Waals surface area (Å²) in [6.45, 7) is 1.42. The molecular weight excluding hydrogens is 296 g/mol. The second-order valence-corrected chi connectivity index (χ2v) is 4.66. The molecule has 22 heavy (non-hydrogen) atoms. The summed E-state index contributed by atoms with van der Waals surface area (Å²) >= 11 is 0. The molecule has 12 nitrogen and oxygen atoms in total.